The highest BCUT2D eigenvalue weighted by Gasteiger charge is 2.51. The van der Waals surface area contributed by atoms with E-state index in [2.05, 4.69) is 15.0 Å². The van der Waals surface area contributed by atoms with Crippen molar-refractivity contribution >= 4 is 16.9 Å². The highest BCUT2D eigenvalue weighted by atomic mass is 16.5. The van der Waals surface area contributed by atoms with Gasteiger partial charge in [-0.15, -0.1) is 0 Å². The van der Waals surface area contributed by atoms with E-state index in [-0.39, 0.29) is 5.91 Å². The van der Waals surface area contributed by atoms with Crippen molar-refractivity contribution < 1.29 is 9.32 Å². The van der Waals surface area contributed by atoms with Crippen molar-refractivity contribution in [1.29, 1.82) is 0 Å². The second-order valence-electron chi connectivity index (χ2n) is 6.50. The van der Waals surface area contributed by atoms with E-state index in [1.165, 1.54) is 13.0 Å². The lowest BCUT2D eigenvalue weighted by Crippen LogP contribution is -2.58. The summed E-state index contributed by atoms with van der Waals surface area (Å²) in [5.41, 5.74) is 1.17. The molecular formula is C16H17N3O2. The highest BCUT2D eigenvalue weighted by Crippen LogP contribution is 2.41. The molecule has 0 N–H and O–H groups in total. The number of rotatable bonds is 1. The number of nitrogens with zero attached hydrogens (tertiary/aromatic N) is 3. The lowest BCUT2D eigenvalue weighted by atomic mass is 9.93. The van der Waals surface area contributed by atoms with Gasteiger partial charge in [-0.25, -0.2) is 0 Å². The lowest BCUT2D eigenvalue weighted by Gasteiger charge is -2.44. The van der Waals surface area contributed by atoms with E-state index in [9.17, 15) is 4.79 Å². The molecule has 21 heavy (non-hydrogen) atoms. The van der Waals surface area contributed by atoms with E-state index >= 15 is 0 Å². The summed E-state index contributed by atoms with van der Waals surface area (Å²) >= 11 is 0. The van der Waals surface area contributed by atoms with Crippen LogP contribution < -0.4 is 0 Å². The van der Waals surface area contributed by atoms with E-state index in [4.69, 9.17) is 4.52 Å². The Morgan fingerprint density at radius 2 is 2.19 bits per heavy atom. The van der Waals surface area contributed by atoms with Crippen molar-refractivity contribution in [3.8, 4) is 0 Å². The number of para-hydroxylation sites is 1. The summed E-state index contributed by atoms with van der Waals surface area (Å²) in [6.07, 6.45) is 2.38. The maximum Gasteiger partial charge on any atom is 0.277 e. The molecule has 3 bridgehead atoms. The number of amides is 1. The molecule has 2 aromatic rings. The number of aromatic nitrogens is 1. The third kappa shape index (κ3) is 1.55. The van der Waals surface area contributed by atoms with Crippen LogP contribution in [0.2, 0.25) is 0 Å². The average Bonchev–Trinajstić information content (AvgIpc) is 2.96. The van der Waals surface area contributed by atoms with Gasteiger partial charge in [0, 0.05) is 25.2 Å². The molecule has 1 aromatic heterocycles. The zero-order chi connectivity index (χ0) is 14.0. The first-order valence-electron chi connectivity index (χ1n) is 7.71. The number of benzene rings is 1. The van der Waals surface area contributed by atoms with Gasteiger partial charge in [0.1, 0.15) is 0 Å². The van der Waals surface area contributed by atoms with Gasteiger partial charge in [-0.3, -0.25) is 9.69 Å². The molecule has 0 spiro atoms. The van der Waals surface area contributed by atoms with Crippen molar-refractivity contribution in [2.45, 2.75) is 24.9 Å². The molecule has 5 heteroatoms. The van der Waals surface area contributed by atoms with Crippen molar-refractivity contribution in [3.63, 3.8) is 0 Å². The van der Waals surface area contributed by atoms with Crippen LogP contribution in [0.5, 0.6) is 0 Å². The Morgan fingerprint density at radius 3 is 3.14 bits per heavy atom. The molecule has 5 nitrogen and oxygen atoms in total. The molecule has 3 saturated heterocycles. The number of fused-ring (bicyclic) bond motifs is 3. The third-order valence-electron chi connectivity index (χ3n) is 5.41. The van der Waals surface area contributed by atoms with Crippen molar-refractivity contribution in [2.75, 3.05) is 19.6 Å². The standard InChI is InChI=1S/C16H17N3O2/c20-16(15-12-3-1-2-4-14(12)21-17-15)19-11-7-10-5-6-18(8-11)9-13(10)19/h1-4,10-11,13H,5-9H2/t10-,11-,13?/m1/s1. The minimum Gasteiger partial charge on any atom is -0.355 e. The first-order chi connectivity index (χ1) is 10.3. The van der Waals surface area contributed by atoms with Gasteiger partial charge in [0.2, 0.25) is 0 Å². The van der Waals surface area contributed by atoms with Crippen LogP contribution in [0.15, 0.2) is 28.8 Å². The Morgan fingerprint density at radius 1 is 1.29 bits per heavy atom. The smallest absolute Gasteiger partial charge is 0.277 e. The predicted octanol–water partition coefficient (Wildman–Crippen LogP) is 1.75. The maximum absolute atomic E-state index is 13.0. The molecule has 0 radical (unpaired) electrons. The Labute approximate surface area is 122 Å². The second kappa shape index (κ2) is 4.07. The van der Waals surface area contributed by atoms with Gasteiger partial charge in [0.05, 0.1) is 5.39 Å². The minimum atomic E-state index is 0.0546. The summed E-state index contributed by atoms with van der Waals surface area (Å²) < 4.78 is 5.31. The summed E-state index contributed by atoms with van der Waals surface area (Å²) in [5, 5.41) is 4.88. The Hall–Kier alpha value is -1.88. The molecule has 3 aliphatic rings. The van der Waals surface area contributed by atoms with Gasteiger partial charge in [-0.05, 0) is 37.4 Å². The lowest BCUT2D eigenvalue weighted by molar-refractivity contribution is 0.0255. The fourth-order valence-corrected chi connectivity index (χ4v) is 4.47. The average molecular weight is 283 g/mol. The summed E-state index contributed by atoms with van der Waals surface area (Å²) in [6.45, 7) is 3.25. The summed E-state index contributed by atoms with van der Waals surface area (Å²) in [4.78, 5) is 17.6. The molecule has 108 valence electrons. The number of hydrogen-bond donors (Lipinski definition) is 0. The van der Waals surface area contributed by atoms with E-state index in [1.54, 1.807) is 0 Å². The van der Waals surface area contributed by atoms with Gasteiger partial charge >= 0.3 is 0 Å². The Balaban J connectivity index is 1.55. The molecular weight excluding hydrogens is 266 g/mol. The van der Waals surface area contributed by atoms with E-state index in [0.29, 0.717) is 29.3 Å². The van der Waals surface area contributed by atoms with E-state index in [0.717, 1.165) is 24.9 Å². The molecule has 2 unspecified atom stereocenters. The van der Waals surface area contributed by atoms with Gasteiger partial charge in [-0.1, -0.05) is 17.3 Å². The first kappa shape index (κ1) is 11.7. The third-order valence-corrected chi connectivity index (χ3v) is 5.41. The molecule has 5 rings (SSSR count). The first-order valence-corrected chi connectivity index (χ1v) is 7.71. The zero-order valence-corrected chi connectivity index (χ0v) is 11.7. The van der Waals surface area contributed by atoms with Crippen LogP contribution in [0.1, 0.15) is 23.3 Å². The van der Waals surface area contributed by atoms with Crippen LogP contribution in [0.4, 0.5) is 0 Å². The monoisotopic (exact) mass is 283 g/mol. The second-order valence-corrected chi connectivity index (χ2v) is 6.50. The summed E-state index contributed by atoms with van der Waals surface area (Å²) in [5.74, 6) is 0.731. The molecule has 0 saturated carbocycles. The van der Waals surface area contributed by atoms with E-state index < -0.39 is 0 Å². The fourth-order valence-electron chi connectivity index (χ4n) is 4.47. The zero-order valence-electron chi connectivity index (χ0n) is 11.7. The number of piperazine rings is 1. The normalized spacial score (nSPS) is 33.8. The maximum atomic E-state index is 13.0. The van der Waals surface area contributed by atoms with Crippen LogP contribution in [-0.4, -0.2) is 52.6 Å². The van der Waals surface area contributed by atoms with Crippen molar-refractivity contribution in [3.05, 3.63) is 30.0 Å². The van der Waals surface area contributed by atoms with Crippen LogP contribution in [-0.2, 0) is 0 Å². The van der Waals surface area contributed by atoms with E-state index in [1.807, 2.05) is 24.3 Å². The van der Waals surface area contributed by atoms with Crippen LogP contribution >= 0.6 is 0 Å². The minimum absolute atomic E-state index is 0.0546. The predicted molar refractivity (Wildman–Crippen MR) is 76.9 cm³/mol. The number of hydrogen-bond acceptors (Lipinski definition) is 4. The SMILES string of the molecule is O=C(c1noc2ccccc12)N1C2CN3CC[C@@H]2C[C@@H]1C3. The van der Waals surface area contributed by atoms with Crippen LogP contribution in [0.3, 0.4) is 0 Å². The van der Waals surface area contributed by atoms with Gasteiger partial charge < -0.3 is 9.42 Å². The van der Waals surface area contributed by atoms with Crippen LogP contribution in [0.25, 0.3) is 11.0 Å². The fraction of sp³-hybridized carbons (Fsp3) is 0.500. The number of carbonyl (C=O) groups excluding carboxylic acids is 1. The summed E-state index contributed by atoms with van der Waals surface area (Å²) in [7, 11) is 0. The van der Waals surface area contributed by atoms with Gasteiger partial charge in [-0.2, -0.15) is 0 Å². The molecule has 4 atom stereocenters. The molecule has 4 heterocycles. The quantitative estimate of drug-likeness (QED) is 0.800. The largest absolute Gasteiger partial charge is 0.355 e. The molecule has 1 amide bonds. The van der Waals surface area contributed by atoms with Gasteiger partial charge in [0.25, 0.3) is 5.91 Å². The topological polar surface area (TPSA) is 49.6 Å². The number of piperidine rings is 1. The summed E-state index contributed by atoms with van der Waals surface area (Å²) in [6, 6.07) is 8.34. The van der Waals surface area contributed by atoms with Crippen molar-refractivity contribution in [2.24, 2.45) is 5.92 Å². The number of carbonyl (C=O) groups is 1. The Kier molecular flexibility index (Phi) is 2.28. The van der Waals surface area contributed by atoms with Crippen LogP contribution in [0, 0.1) is 5.92 Å². The van der Waals surface area contributed by atoms with Gasteiger partial charge in [0.15, 0.2) is 11.3 Å². The highest BCUT2D eigenvalue weighted by molar-refractivity contribution is 6.04. The Bertz CT molecular complexity index is 721. The van der Waals surface area contributed by atoms with Crippen molar-refractivity contribution in [1.82, 2.24) is 15.0 Å². The molecule has 3 aliphatic heterocycles. The molecule has 1 aromatic carbocycles. The molecule has 3 fully saturated rings. The molecule has 0 aliphatic carbocycles.